The van der Waals surface area contributed by atoms with E-state index in [1.165, 1.54) is 0 Å². The number of rotatable bonds is 2. The van der Waals surface area contributed by atoms with Crippen molar-refractivity contribution in [3.63, 3.8) is 0 Å². The van der Waals surface area contributed by atoms with Crippen molar-refractivity contribution in [3.05, 3.63) is 12.2 Å². The minimum absolute atomic E-state index is 0.0182. The fourth-order valence-corrected chi connectivity index (χ4v) is 1.17. The van der Waals surface area contributed by atoms with Crippen molar-refractivity contribution in [2.24, 2.45) is 5.92 Å². The van der Waals surface area contributed by atoms with Gasteiger partial charge in [-0.15, -0.1) is 0 Å². The predicted octanol–water partition coefficient (Wildman–Crippen LogP) is 0.0132. The van der Waals surface area contributed by atoms with Crippen LogP contribution in [0.5, 0.6) is 0 Å². The van der Waals surface area contributed by atoms with Gasteiger partial charge in [0, 0.05) is 13.1 Å². The number of carbonyl (C=O) groups is 1. The lowest BCUT2D eigenvalue weighted by Gasteiger charge is -2.25. The number of hydrogen-bond donors (Lipinski definition) is 1. The third-order valence-corrected chi connectivity index (χ3v) is 1.82. The predicted molar refractivity (Wildman–Crippen MR) is 42.0 cm³/mol. The Hall–Kier alpha value is -0.830. The summed E-state index contributed by atoms with van der Waals surface area (Å²) in [4.78, 5) is 12.9. The SMILES string of the molecule is C[C@H]1C=CCN(CCO)C1=O. The second-order valence-electron chi connectivity index (χ2n) is 2.72. The summed E-state index contributed by atoms with van der Waals surface area (Å²) in [7, 11) is 0. The molecule has 0 bridgehead atoms. The fraction of sp³-hybridized carbons (Fsp3) is 0.625. The van der Waals surface area contributed by atoms with Gasteiger partial charge in [-0.3, -0.25) is 4.79 Å². The number of hydrogen-bond acceptors (Lipinski definition) is 2. The Morgan fingerprint density at radius 2 is 2.55 bits per heavy atom. The zero-order chi connectivity index (χ0) is 8.27. The van der Waals surface area contributed by atoms with E-state index in [2.05, 4.69) is 0 Å². The molecule has 3 heteroatoms. The van der Waals surface area contributed by atoms with Crippen LogP contribution in [0, 0.1) is 5.92 Å². The minimum Gasteiger partial charge on any atom is -0.395 e. The Bertz CT molecular complexity index is 177. The van der Waals surface area contributed by atoms with Crippen molar-refractivity contribution in [2.75, 3.05) is 19.7 Å². The smallest absolute Gasteiger partial charge is 0.229 e. The van der Waals surface area contributed by atoms with Crippen LogP contribution in [-0.4, -0.2) is 35.6 Å². The third-order valence-electron chi connectivity index (χ3n) is 1.82. The molecule has 0 saturated carbocycles. The highest BCUT2D eigenvalue weighted by Crippen LogP contribution is 2.09. The van der Waals surface area contributed by atoms with E-state index in [9.17, 15) is 4.79 Å². The standard InChI is InChI=1S/C8H13NO2/c1-7-3-2-4-9(5-6-10)8(7)11/h2-3,7,10H,4-6H2,1H3/t7-/m0/s1. The molecule has 1 heterocycles. The molecule has 0 unspecified atom stereocenters. The van der Waals surface area contributed by atoms with Gasteiger partial charge in [0.2, 0.25) is 5.91 Å². The number of nitrogens with zero attached hydrogens (tertiary/aromatic N) is 1. The topological polar surface area (TPSA) is 40.5 Å². The Morgan fingerprint density at radius 1 is 1.82 bits per heavy atom. The third kappa shape index (κ3) is 1.80. The maximum Gasteiger partial charge on any atom is 0.229 e. The Morgan fingerprint density at radius 3 is 3.18 bits per heavy atom. The molecule has 1 atom stereocenters. The van der Waals surface area contributed by atoms with Crippen LogP contribution in [-0.2, 0) is 4.79 Å². The Balaban J connectivity index is 2.55. The summed E-state index contributed by atoms with van der Waals surface area (Å²) in [5.74, 6) is 0.0943. The second-order valence-corrected chi connectivity index (χ2v) is 2.72. The Labute approximate surface area is 66.3 Å². The van der Waals surface area contributed by atoms with Gasteiger partial charge in [0.15, 0.2) is 0 Å². The number of aliphatic hydroxyl groups is 1. The highest BCUT2D eigenvalue weighted by Gasteiger charge is 2.19. The van der Waals surface area contributed by atoms with Crippen molar-refractivity contribution in [3.8, 4) is 0 Å². The molecule has 3 nitrogen and oxygen atoms in total. The van der Waals surface area contributed by atoms with Crippen molar-refractivity contribution >= 4 is 5.91 Å². The highest BCUT2D eigenvalue weighted by atomic mass is 16.3. The number of amides is 1. The van der Waals surface area contributed by atoms with E-state index in [1.54, 1.807) is 4.90 Å². The summed E-state index contributed by atoms with van der Waals surface area (Å²) < 4.78 is 0. The molecule has 0 aromatic rings. The van der Waals surface area contributed by atoms with E-state index in [4.69, 9.17) is 5.11 Å². The van der Waals surface area contributed by atoms with Crippen LogP contribution in [0.2, 0.25) is 0 Å². The van der Waals surface area contributed by atoms with Crippen LogP contribution < -0.4 is 0 Å². The monoisotopic (exact) mass is 155 g/mol. The van der Waals surface area contributed by atoms with Crippen molar-refractivity contribution in [2.45, 2.75) is 6.92 Å². The number of β-amino-alcohol motifs (C(OH)–C–C–N with tert-alkyl or cyclic N) is 1. The van der Waals surface area contributed by atoms with Gasteiger partial charge in [-0.1, -0.05) is 19.1 Å². The lowest BCUT2D eigenvalue weighted by Crippen LogP contribution is -2.39. The van der Waals surface area contributed by atoms with Crippen LogP contribution in [0.25, 0.3) is 0 Å². The van der Waals surface area contributed by atoms with Gasteiger partial charge in [-0.25, -0.2) is 0 Å². The van der Waals surface area contributed by atoms with Gasteiger partial charge < -0.3 is 10.0 Å². The van der Waals surface area contributed by atoms with Crippen LogP contribution in [0.1, 0.15) is 6.92 Å². The van der Waals surface area contributed by atoms with E-state index in [1.807, 2.05) is 19.1 Å². The quantitative estimate of drug-likeness (QED) is 0.571. The van der Waals surface area contributed by atoms with Crippen LogP contribution in [0.3, 0.4) is 0 Å². The lowest BCUT2D eigenvalue weighted by atomic mass is 10.1. The summed E-state index contributed by atoms with van der Waals surface area (Å²) in [6.45, 7) is 3.01. The first kappa shape index (κ1) is 8.27. The molecule has 1 rings (SSSR count). The molecule has 62 valence electrons. The average molecular weight is 155 g/mol. The van der Waals surface area contributed by atoms with Crippen molar-refractivity contribution in [1.29, 1.82) is 0 Å². The molecule has 0 saturated heterocycles. The molecule has 1 amide bonds. The second kappa shape index (κ2) is 3.53. The molecule has 1 aliphatic heterocycles. The molecule has 0 radical (unpaired) electrons. The molecule has 1 N–H and O–H groups in total. The van der Waals surface area contributed by atoms with Crippen LogP contribution >= 0.6 is 0 Å². The minimum atomic E-state index is -0.0182. The lowest BCUT2D eigenvalue weighted by molar-refractivity contribution is -0.134. The van der Waals surface area contributed by atoms with E-state index in [-0.39, 0.29) is 18.4 Å². The molecule has 0 aromatic carbocycles. The zero-order valence-electron chi connectivity index (χ0n) is 6.66. The first-order valence-corrected chi connectivity index (χ1v) is 3.82. The number of aliphatic hydroxyl groups excluding tert-OH is 1. The van der Waals surface area contributed by atoms with E-state index < -0.39 is 0 Å². The Kier molecular flexibility index (Phi) is 2.65. The first-order chi connectivity index (χ1) is 5.25. The first-order valence-electron chi connectivity index (χ1n) is 3.82. The average Bonchev–Trinajstić information content (AvgIpc) is 1.99. The number of carbonyl (C=O) groups excluding carboxylic acids is 1. The fourth-order valence-electron chi connectivity index (χ4n) is 1.17. The maximum atomic E-state index is 11.3. The largest absolute Gasteiger partial charge is 0.395 e. The summed E-state index contributed by atoms with van der Waals surface area (Å²) in [5.41, 5.74) is 0. The highest BCUT2D eigenvalue weighted by molar-refractivity contribution is 5.81. The summed E-state index contributed by atoms with van der Waals surface area (Å²) in [6.07, 6.45) is 3.86. The normalized spacial score (nSPS) is 24.4. The molecule has 11 heavy (non-hydrogen) atoms. The zero-order valence-corrected chi connectivity index (χ0v) is 6.66. The van der Waals surface area contributed by atoms with Gasteiger partial charge >= 0.3 is 0 Å². The van der Waals surface area contributed by atoms with Crippen molar-refractivity contribution < 1.29 is 9.90 Å². The van der Waals surface area contributed by atoms with Gasteiger partial charge in [0.25, 0.3) is 0 Å². The van der Waals surface area contributed by atoms with E-state index in [0.717, 1.165) is 0 Å². The summed E-state index contributed by atoms with van der Waals surface area (Å²) in [6, 6.07) is 0. The summed E-state index contributed by atoms with van der Waals surface area (Å²) >= 11 is 0. The molecular formula is C8H13NO2. The summed E-state index contributed by atoms with van der Waals surface area (Å²) in [5, 5.41) is 8.60. The molecular weight excluding hydrogens is 142 g/mol. The van der Waals surface area contributed by atoms with E-state index in [0.29, 0.717) is 13.1 Å². The molecule has 0 aromatic heterocycles. The van der Waals surface area contributed by atoms with Gasteiger partial charge in [0.1, 0.15) is 0 Å². The molecule has 0 fully saturated rings. The van der Waals surface area contributed by atoms with Gasteiger partial charge in [-0.05, 0) is 0 Å². The molecule has 1 aliphatic rings. The van der Waals surface area contributed by atoms with Crippen molar-refractivity contribution in [1.82, 2.24) is 4.90 Å². The van der Waals surface area contributed by atoms with Crippen LogP contribution in [0.15, 0.2) is 12.2 Å². The van der Waals surface area contributed by atoms with Gasteiger partial charge in [0.05, 0.1) is 12.5 Å². The maximum absolute atomic E-state index is 11.3. The molecule has 0 aliphatic carbocycles. The van der Waals surface area contributed by atoms with Crippen LogP contribution in [0.4, 0.5) is 0 Å². The molecule has 0 spiro atoms. The van der Waals surface area contributed by atoms with E-state index >= 15 is 0 Å². The van der Waals surface area contributed by atoms with Gasteiger partial charge in [-0.2, -0.15) is 0 Å².